The van der Waals surface area contributed by atoms with Crippen LogP contribution in [0.5, 0.6) is 0 Å². The minimum Gasteiger partial charge on any atom is -0.204 e. The highest BCUT2D eigenvalue weighted by atomic mass is 19.2. The number of unbranched alkanes of at least 4 members (excludes halogenated alkanes) is 2. The Hall–Kier alpha value is -0.920. The predicted octanol–water partition coefficient (Wildman–Crippen LogP) is 8.23. The molecule has 0 aliphatic heterocycles. The highest BCUT2D eigenvalue weighted by Crippen LogP contribution is 2.52. The molecule has 0 heterocycles. The summed E-state index contributed by atoms with van der Waals surface area (Å²) in [6, 6.07) is 4.39. The van der Waals surface area contributed by atoms with Crippen molar-refractivity contribution >= 4 is 0 Å². The number of halogens is 2. The van der Waals surface area contributed by atoms with Crippen LogP contribution in [0.15, 0.2) is 18.2 Å². The molecule has 2 fully saturated rings. The van der Waals surface area contributed by atoms with Crippen LogP contribution in [-0.4, -0.2) is 0 Å². The number of aryl methyl sites for hydroxylation is 1. The Morgan fingerprint density at radius 1 is 0.926 bits per heavy atom. The number of rotatable bonds is 8. The summed E-state index contributed by atoms with van der Waals surface area (Å²) >= 11 is 0. The maximum atomic E-state index is 13.4. The molecule has 0 radical (unpaired) electrons. The van der Waals surface area contributed by atoms with Crippen molar-refractivity contribution in [3.8, 4) is 0 Å². The monoisotopic (exact) mass is 376 g/mol. The van der Waals surface area contributed by atoms with Crippen molar-refractivity contribution in [3.05, 3.63) is 35.4 Å². The SMILES string of the molecule is CCCCCC1(C2CCC(CCc3ccc(F)c(F)c3)CC2)CCCCC1. The molecular weight excluding hydrogens is 338 g/mol. The van der Waals surface area contributed by atoms with Crippen LogP contribution >= 0.6 is 0 Å². The largest absolute Gasteiger partial charge is 0.204 e. The van der Waals surface area contributed by atoms with Crippen molar-refractivity contribution in [3.63, 3.8) is 0 Å². The minimum absolute atomic E-state index is 0.651. The lowest BCUT2D eigenvalue weighted by molar-refractivity contribution is 0.0427. The maximum Gasteiger partial charge on any atom is 0.159 e. The summed E-state index contributed by atoms with van der Waals surface area (Å²) in [6.07, 6.45) is 20.4. The Bertz CT molecular complexity index is 566. The van der Waals surface area contributed by atoms with Gasteiger partial charge in [0, 0.05) is 0 Å². The van der Waals surface area contributed by atoms with Crippen LogP contribution in [0.2, 0.25) is 0 Å². The normalized spacial score (nSPS) is 25.4. The minimum atomic E-state index is -0.736. The third-order valence-electron chi connectivity index (χ3n) is 7.67. The fraction of sp³-hybridized carbons (Fsp3) is 0.760. The molecule has 2 aliphatic carbocycles. The highest BCUT2D eigenvalue weighted by molar-refractivity contribution is 5.17. The fourth-order valence-corrected chi connectivity index (χ4v) is 5.97. The zero-order chi connectivity index (χ0) is 19.1. The quantitative estimate of drug-likeness (QED) is 0.401. The highest BCUT2D eigenvalue weighted by Gasteiger charge is 2.40. The van der Waals surface area contributed by atoms with Crippen molar-refractivity contribution in [1.29, 1.82) is 0 Å². The van der Waals surface area contributed by atoms with Gasteiger partial charge in [0.15, 0.2) is 11.6 Å². The van der Waals surface area contributed by atoms with E-state index in [0.717, 1.165) is 30.2 Å². The summed E-state index contributed by atoms with van der Waals surface area (Å²) in [4.78, 5) is 0. The van der Waals surface area contributed by atoms with E-state index in [-0.39, 0.29) is 0 Å². The first-order valence-electron chi connectivity index (χ1n) is 11.6. The lowest BCUT2D eigenvalue weighted by Crippen LogP contribution is -2.35. The molecule has 152 valence electrons. The van der Waals surface area contributed by atoms with E-state index < -0.39 is 11.6 Å². The summed E-state index contributed by atoms with van der Waals surface area (Å²) < 4.78 is 26.5. The third kappa shape index (κ3) is 5.55. The van der Waals surface area contributed by atoms with Gasteiger partial charge < -0.3 is 0 Å². The van der Waals surface area contributed by atoms with Gasteiger partial charge in [0.2, 0.25) is 0 Å². The molecule has 0 spiro atoms. The molecule has 0 nitrogen and oxygen atoms in total. The van der Waals surface area contributed by atoms with Crippen molar-refractivity contribution in [2.75, 3.05) is 0 Å². The van der Waals surface area contributed by atoms with E-state index in [4.69, 9.17) is 0 Å². The van der Waals surface area contributed by atoms with Gasteiger partial charge in [0.05, 0.1) is 0 Å². The molecule has 1 aromatic rings. The van der Waals surface area contributed by atoms with E-state index in [1.54, 1.807) is 6.07 Å². The van der Waals surface area contributed by atoms with Gasteiger partial charge in [-0.1, -0.05) is 64.4 Å². The Kier molecular flexibility index (Phi) is 7.73. The first-order valence-corrected chi connectivity index (χ1v) is 11.6. The molecular formula is C25H38F2. The zero-order valence-corrected chi connectivity index (χ0v) is 17.2. The molecule has 0 bridgehead atoms. The maximum absolute atomic E-state index is 13.4. The Labute approximate surface area is 165 Å². The lowest BCUT2D eigenvalue weighted by Gasteiger charge is -2.47. The number of hydrogen-bond acceptors (Lipinski definition) is 0. The van der Waals surface area contributed by atoms with Gasteiger partial charge in [-0.05, 0) is 79.9 Å². The topological polar surface area (TPSA) is 0 Å². The number of benzene rings is 1. The van der Waals surface area contributed by atoms with E-state index in [9.17, 15) is 8.78 Å². The third-order valence-corrected chi connectivity index (χ3v) is 7.67. The molecule has 1 aromatic carbocycles. The molecule has 0 amide bonds. The second kappa shape index (κ2) is 10.0. The van der Waals surface area contributed by atoms with Crippen molar-refractivity contribution in [2.45, 2.75) is 103 Å². The van der Waals surface area contributed by atoms with E-state index >= 15 is 0 Å². The predicted molar refractivity (Wildman–Crippen MR) is 110 cm³/mol. The Balaban J connectivity index is 1.49. The standard InChI is InChI=1S/C25H38F2/c1-2-3-5-16-25(17-6-4-7-18-25)22-13-10-20(11-14-22)8-9-21-12-15-23(26)24(27)19-21/h12,15,19-20,22H,2-11,13-14,16-18H2,1H3. The van der Waals surface area contributed by atoms with Crippen LogP contribution in [-0.2, 0) is 6.42 Å². The van der Waals surface area contributed by atoms with Crippen molar-refractivity contribution in [1.82, 2.24) is 0 Å². The summed E-state index contributed by atoms with van der Waals surface area (Å²) in [5, 5.41) is 0. The molecule has 0 atom stereocenters. The van der Waals surface area contributed by atoms with Crippen molar-refractivity contribution in [2.24, 2.45) is 17.3 Å². The molecule has 0 N–H and O–H groups in total. The van der Waals surface area contributed by atoms with Crippen molar-refractivity contribution < 1.29 is 8.78 Å². The van der Waals surface area contributed by atoms with Crippen LogP contribution in [0.4, 0.5) is 8.78 Å². The second-order valence-corrected chi connectivity index (χ2v) is 9.38. The van der Waals surface area contributed by atoms with Gasteiger partial charge in [0.1, 0.15) is 0 Å². The molecule has 0 unspecified atom stereocenters. The Morgan fingerprint density at radius 2 is 1.67 bits per heavy atom. The molecule has 0 aromatic heterocycles. The van der Waals surface area contributed by atoms with Crippen LogP contribution in [0, 0.1) is 28.9 Å². The summed E-state index contributed by atoms with van der Waals surface area (Å²) in [7, 11) is 0. The van der Waals surface area contributed by atoms with Gasteiger partial charge in [-0.3, -0.25) is 0 Å². The van der Waals surface area contributed by atoms with Gasteiger partial charge in [0.25, 0.3) is 0 Å². The first-order chi connectivity index (χ1) is 13.1. The number of hydrogen-bond donors (Lipinski definition) is 0. The molecule has 2 heteroatoms. The van der Waals surface area contributed by atoms with Crippen LogP contribution in [0.1, 0.15) is 102 Å². The average molecular weight is 377 g/mol. The fourth-order valence-electron chi connectivity index (χ4n) is 5.97. The van der Waals surface area contributed by atoms with Crippen LogP contribution < -0.4 is 0 Å². The van der Waals surface area contributed by atoms with E-state index in [1.165, 1.54) is 95.6 Å². The van der Waals surface area contributed by atoms with Gasteiger partial charge in [-0.2, -0.15) is 0 Å². The lowest BCUT2D eigenvalue weighted by atomic mass is 9.58. The Morgan fingerprint density at radius 3 is 2.33 bits per heavy atom. The smallest absolute Gasteiger partial charge is 0.159 e. The summed E-state index contributed by atoms with van der Waals surface area (Å²) in [5.41, 5.74) is 1.60. The van der Waals surface area contributed by atoms with E-state index in [0.29, 0.717) is 5.41 Å². The van der Waals surface area contributed by atoms with E-state index in [1.807, 2.05) is 0 Å². The molecule has 2 aliphatic rings. The molecule has 0 saturated heterocycles. The molecule has 2 saturated carbocycles. The second-order valence-electron chi connectivity index (χ2n) is 9.38. The average Bonchev–Trinajstić information content (AvgIpc) is 2.70. The van der Waals surface area contributed by atoms with Crippen LogP contribution in [0.25, 0.3) is 0 Å². The molecule has 27 heavy (non-hydrogen) atoms. The first kappa shape index (κ1) is 20.8. The summed E-state index contributed by atoms with van der Waals surface area (Å²) in [5.74, 6) is 0.266. The van der Waals surface area contributed by atoms with Gasteiger partial charge >= 0.3 is 0 Å². The van der Waals surface area contributed by atoms with Crippen LogP contribution in [0.3, 0.4) is 0 Å². The molecule has 3 rings (SSSR count). The summed E-state index contributed by atoms with van der Waals surface area (Å²) in [6.45, 7) is 2.31. The zero-order valence-electron chi connectivity index (χ0n) is 17.2. The van der Waals surface area contributed by atoms with Gasteiger partial charge in [-0.15, -0.1) is 0 Å². The van der Waals surface area contributed by atoms with E-state index in [2.05, 4.69) is 6.92 Å². The van der Waals surface area contributed by atoms with Gasteiger partial charge in [-0.25, -0.2) is 8.78 Å².